The largest absolute Gasteiger partial charge is 0.494 e. The van der Waals surface area contributed by atoms with Crippen LogP contribution in [0.1, 0.15) is 12.6 Å². The van der Waals surface area contributed by atoms with E-state index in [0.717, 1.165) is 11.3 Å². The molecular weight excluding hydrogens is 386 g/mol. The molecule has 9 heteroatoms. The van der Waals surface area contributed by atoms with E-state index in [4.69, 9.17) is 14.5 Å². The Morgan fingerprint density at radius 2 is 1.97 bits per heavy atom. The second-order valence-electron chi connectivity index (χ2n) is 7.04. The van der Waals surface area contributed by atoms with Crippen molar-refractivity contribution >= 4 is 10.9 Å². The van der Waals surface area contributed by atoms with E-state index in [2.05, 4.69) is 10.1 Å². The van der Waals surface area contributed by atoms with Gasteiger partial charge in [0, 0.05) is 23.7 Å². The number of pyridine rings is 2. The Hall–Kier alpha value is -3.59. The van der Waals surface area contributed by atoms with Crippen molar-refractivity contribution in [2.75, 3.05) is 14.2 Å². The average molecular weight is 409 g/mol. The van der Waals surface area contributed by atoms with E-state index in [1.54, 1.807) is 41.9 Å². The van der Waals surface area contributed by atoms with E-state index >= 15 is 0 Å². The lowest BCUT2D eigenvalue weighted by atomic mass is 10.1. The lowest BCUT2D eigenvalue weighted by molar-refractivity contribution is 0.168. The number of aryl methyl sites for hydroxylation is 1. The number of aliphatic hydroxyl groups excluding tert-OH is 1. The van der Waals surface area contributed by atoms with Gasteiger partial charge in [-0.3, -0.25) is 9.25 Å². The second kappa shape index (κ2) is 7.68. The van der Waals surface area contributed by atoms with Gasteiger partial charge in [0.05, 0.1) is 55.3 Å². The maximum absolute atomic E-state index is 10.8. The van der Waals surface area contributed by atoms with Crippen molar-refractivity contribution in [3.63, 3.8) is 0 Å². The van der Waals surface area contributed by atoms with E-state index in [0.29, 0.717) is 40.5 Å². The first kappa shape index (κ1) is 19.7. The fraction of sp³-hybridized carbons (Fsp3) is 0.286. The van der Waals surface area contributed by atoms with E-state index < -0.39 is 6.10 Å². The number of aromatic hydroxyl groups is 1. The third-order valence-electron chi connectivity index (χ3n) is 4.88. The van der Waals surface area contributed by atoms with Crippen LogP contribution in [-0.4, -0.2) is 54.9 Å². The zero-order valence-electron chi connectivity index (χ0n) is 17.2. The first-order valence-corrected chi connectivity index (χ1v) is 9.43. The van der Waals surface area contributed by atoms with Crippen molar-refractivity contribution in [3.8, 4) is 34.5 Å². The molecule has 156 valence electrons. The van der Waals surface area contributed by atoms with Crippen LogP contribution in [0.2, 0.25) is 0 Å². The van der Waals surface area contributed by atoms with Crippen LogP contribution < -0.4 is 9.47 Å². The molecule has 9 nitrogen and oxygen atoms in total. The van der Waals surface area contributed by atoms with Crippen LogP contribution in [0, 0.1) is 6.92 Å². The van der Waals surface area contributed by atoms with Gasteiger partial charge in [-0.2, -0.15) is 5.10 Å². The quantitative estimate of drug-likeness (QED) is 0.504. The highest BCUT2D eigenvalue weighted by Gasteiger charge is 2.19. The van der Waals surface area contributed by atoms with Crippen molar-refractivity contribution in [3.05, 3.63) is 42.5 Å². The second-order valence-corrected chi connectivity index (χ2v) is 7.04. The van der Waals surface area contributed by atoms with Crippen LogP contribution >= 0.6 is 0 Å². The summed E-state index contributed by atoms with van der Waals surface area (Å²) < 4.78 is 13.9. The minimum absolute atomic E-state index is 0.0867. The van der Waals surface area contributed by atoms with Gasteiger partial charge in [0.2, 0.25) is 5.88 Å². The molecule has 4 aromatic rings. The Kier molecular flexibility index (Phi) is 5.04. The highest BCUT2D eigenvalue weighted by atomic mass is 16.5. The molecule has 0 radical (unpaired) electrons. The van der Waals surface area contributed by atoms with Gasteiger partial charge in [0.25, 0.3) is 5.88 Å². The predicted octanol–water partition coefficient (Wildman–Crippen LogP) is 2.70. The van der Waals surface area contributed by atoms with Gasteiger partial charge in [-0.1, -0.05) is 0 Å². The van der Waals surface area contributed by atoms with Gasteiger partial charge in [0.1, 0.15) is 0 Å². The number of hydrogen-bond donors (Lipinski definition) is 2. The molecule has 0 spiro atoms. The van der Waals surface area contributed by atoms with Crippen LogP contribution in [0.4, 0.5) is 0 Å². The molecule has 0 saturated heterocycles. The highest BCUT2D eigenvalue weighted by molar-refractivity contribution is 5.90. The molecule has 0 unspecified atom stereocenters. The van der Waals surface area contributed by atoms with Gasteiger partial charge in [-0.25, -0.2) is 9.97 Å². The molecule has 0 amide bonds. The molecule has 0 aliphatic carbocycles. The normalized spacial score (nSPS) is 12.3. The molecule has 2 N–H and O–H groups in total. The molecule has 4 rings (SSSR count). The number of fused-ring (bicyclic) bond motifs is 1. The van der Waals surface area contributed by atoms with Gasteiger partial charge in [-0.15, -0.1) is 0 Å². The maximum atomic E-state index is 10.8. The molecule has 0 aliphatic heterocycles. The third kappa shape index (κ3) is 3.33. The van der Waals surface area contributed by atoms with E-state index in [1.165, 1.54) is 7.11 Å². The Morgan fingerprint density at radius 1 is 1.17 bits per heavy atom. The lowest BCUT2D eigenvalue weighted by Gasteiger charge is -2.08. The van der Waals surface area contributed by atoms with E-state index in [9.17, 15) is 10.2 Å². The highest BCUT2D eigenvalue weighted by Crippen LogP contribution is 2.35. The molecule has 0 fully saturated rings. The summed E-state index contributed by atoms with van der Waals surface area (Å²) in [6, 6.07) is 5.46. The van der Waals surface area contributed by atoms with Crippen LogP contribution in [-0.2, 0) is 6.54 Å². The Labute approximate surface area is 173 Å². The summed E-state index contributed by atoms with van der Waals surface area (Å²) in [5.41, 5.74) is 3.60. The lowest BCUT2D eigenvalue weighted by Crippen LogP contribution is -2.11. The van der Waals surface area contributed by atoms with Gasteiger partial charge in [0.15, 0.2) is 5.75 Å². The molecular formula is C21H23N5O4. The van der Waals surface area contributed by atoms with Crippen LogP contribution in [0.25, 0.3) is 27.8 Å². The minimum atomic E-state index is -0.518. The SMILES string of the molecule is COc1cc(-c2ccc3c(O)n(-c4cnn(C[C@@H](C)O)c4)c(C)c3n2)cnc1OC. The summed E-state index contributed by atoms with van der Waals surface area (Å²) in [6.07, 6.45) is 4.57. The molecule has 4 heterocycles. The van der Waals surface area contributed by atoms with Crippen molar-refractivity contribution in [2.45, 2.75) is 26.5 Å². The Bertz CT molecular complexity index is 1210. The number of hydrogen-bond acceptors (Lipinski definition) is 7. The van der Waals surface area contributed by atoms with Crippen molar-refractivity contribution < 1.29 is 19.7 Å². The van der Waals surface area contributed by atoms with Crippen molar-refractivity contribution in [1.29, 1.82) is 0 Å². The Morgan fingerprint density at radius 3 is 2.67 bits per heavy atom. The summed E-state index contributed by atoms with van der Waals surface area (Å²) >= 11 is 0. The maximum Gasteiger partial charge on any atom is 0.256 e. The van der Waals surface area contributed by atoms with Gasteiger partial charge < -0.3 is 19.7 Å². The number of methoxy groups -OCH3 is 2. The number of aromatic nitrogens is 5. The van der Waals surface area contributed by atoms with Gasteiger partial charge in [-0.05, 0) is 32.0 Å². The smallest absolute Gasteiger partial charge is 0.256 e. The zero-order valence-corrected chi connectivity index (χ0v) is 17.2. The van der Waals surface area contributed by atoms with Crippen molar-refractivity contribution in [2.24, 2.45) is 0 Å². The average Bonchev–Trinajstić information content (AvgIpc) is 3.28. The first-order valence-electron chi connectivity index (χ1n) is 9.43. The number of rotatable bonds is 6. The zero-order chi connectivity index (χ0) is 21.4. The molecule has 0 saturated carbocycles. The summed E-state index contributed by atoms with van der Waals surface area (Å²) in [4.78, 5) is 9.02. The molecule has 0 aliphatic rings. The summed E-state index contributed by atoms with van der Waals surface area (Å²) in [5.74, 6) is 1.000. The number of aliphatic hydroxyl groups is 1. The van der Waals surface area contributed by atoms with Crippen LogP contribution in [0.3, 0.4) is 0 Å². The van der Waals surface area contributed by atoms with Crippen molar-refractivity contribution in [1.82, 2.24) is 24.3 Å². The fourth-order valence-electron chi connectivity index (χ4n) is 3.49. The Balaban J connectivity index is 1.79. The number of nitrogens with zero attached hydrogens (tertiary/aromatic N) is 5. The van der Waals surface area contributed by atoms with E-state index in [1.807, 2.05) is 25.1 Å². The number of ether oxygens (including phenoxy) is 2. The fourth-order valence-corrected chi connectivity index (χ4v) is 3.49. The standard InChI is InChI=1S/C21H23N5O4/c1-12(27)10-25-11-15(9-23-25)26-13(2)19-16(21(26)28)5-6-17(24-19)14-7-18(29-3)20(30-4)22-8-14/h5-9,11-12,27-28H,10H2,1-4H3/t12-/m1/s1. The first-order chi connectivity index (χ1) is 14.4. The molecule has 30 heavy (non-hydrogen) atoms. The molecule has 1 atom stereocenters. The monoisotopic (exact) mass is 409 g/mol. The molecule has 4 aromatic heterocycles. The topological polar surface area (TPSA) is 107 Å². The third-order valence-corrected chi connectivity index (χ3v) is 4.88. The van der Waals surface area contributed by atoms with Crippen LogP contribution in [0.5, 0.6) is 17.5 Å². The summed E-state index contributed by atoms with van der Waals surface area (Å²) in [5, 5.41) is 25.3. The predicted molar refractivity (Wildman–Crippen MR) is 111 cm³/mol. The van der Waals surface area contributed by atoms with Crippen LogP contribution in [0.15, 0.2) is 36.8 Å². The molecule has 0 aromatic carbocycles. The van der Waals surface area contributed by atoms with E-state index in [-0.39, 0.29) is 5.88 Å². The molecule has 0 bridgehead atoms. The van der Waals surface area contributed by atoms with Gasteiger partial charge >= 0.3 is 0 Å². The summed E-state index contributed by atoms with van der Waals surface area (Å²) in [7, 11) is 3.09. The minimum Gasteiger partial charge on any atom is -0.494 e. The summed E-state index contributed by atoms with van der Waals surface area (Å²) in [6.45, 7) is 3.95.